The second-order valence-electron chi connectivity index (χ2n) is 7.57. The number of rotatable bonds is 7. The molecule has 0 radical (unpaired) electrons. The zero-order chi connectivity index (χ0) is 21.7. The number of sulfonamides is 1. The highest BCUT2D eigenvalue weighted by Gasteiger charge is 2.18. The molecule has 1 aliphatic heterocycles. The van der Waals surface area contributed by atoms with E-state index >= 15 is 0 Å². The summed E-state index contributed by atoms with van der Waals surface area (Å²) in [5.41, 5.74) is 3.82. The Hall–Kier alpha value is -2.42. The van der Waals surface area contributed by atoms with Crippen LogP contribution in [0.15, 0.2) is 42.5 Å². The van der Waals surface area contributed by atoms with Crippen molar-refractivity contribution in [3.8, 4) is 0 Å². The molecule has 2 aromatic carbocycles. The number of morpholine rings is 1. The van der Waals surface area contributed by atoms with Crippen LogP contribution in [0.4, 0.5) is 5.69 Å². The van der Waals surface area contributed by atoms with Crippen LogP contribution >= 0.6 is 0 Å². The van der Waals surface area contributed by atoms with E-state index in [1.54, 1.807) is 25.1 Å². The Morgan fingerprint density at radius 1 is 1.13 bits per heavy atom. The van der Waals surface area contributed by atoms with Crippen molar-refractivity contribution in [2.24, 2.45) is 0 Å². The van der Waals surface area contributed by atoms with Crippen molar-refractivity contribution >= 4 is 21.6 Å². The Kier molecular flexibility index (Phi) is 7.12. The molecule has 0 unspecified atom stereocenters. The van der Waals surface area contributed by atoms with Crippen molar-refractivity contribution in [3.63, 3.8) is 0 Å². The van der Waals surface area contributed by atoms with Crippen LogP contribution in [-0.4, -0.2) is 58.8 Å². The average molecular weight is 432 g/mol. The van der Waals surface area contributed by atoms with Crippen molar-refractivity contribution in [2.45, 2.75) is 20.0 Å². The van der Waals surface area contributed by atoms with Gasteiger partial charge in [-0.05, 0) is 35.7 Å². The third kappa shape index (κ3) is 5.59. The molecule has 1 heterocycles. The zero-order valence-corrected chi connectivity index (χ0v) is 18.5. The monoisotopic (exact) mass is 431 g/mol. The fraction of sp³-hybridized carbons (Fsp3) is 0.409. The molecule has 1 aliphatic rings. The molecular weight excluding hydrogens is 402 g/mol. The van der Waals surface area contributed by atoms with Gasteiger partial charge in [-0.3, -0.25) is 14.0 Å². The van der Waals surface area contributed by atoms with Crippen LogP contribution in [0.25, 0.3) is 0 Å². The van der Waals surface area contributed by atoms with Gasteiger partial charge in [0.1, 0.15) is 0 Å². The van der Waals surface area contributed by atoms with Crippen LogP contribution in [0.5, 0.6) is 0 Å². The normalized spacial score (nSPS) is 15.0. The number of hydrogen-bond donors (Lipinski definition) is 1. The molecule has 1 fully saturated rings. The summed E-state index contributed by atoms with van der Waals surface area (Å²) < 4.78 is 30.3. The lowest BCUT2D eigenvalue weighted by Crippen LogP contribution is -2.35. The number of nitrogens with zero attached hydrogens (tertiary/aromatic N) is 2. The third-order valence-corrected chi connectivity index (χ3v) is 6.53. The van der Waals surface area contributed by atoms with Crippen LogP contribution in [0.2, 0.25) is 0 Å². The van der Waals surface area contributed by atoms with Gasteiger partial charge in [-0.1, -0.05) is 30.3 Å². The van der Waals surface area contributed by atoms with Gasteiger partial charge in [0.25, 0.3) is 5.91 Å². The lowest BCUT2D eigenvalue weighted by atomic mass is 10.1. The smallest absolute Gasteiger partial charge is 0.251 e. The SMILES string of the molecule is Cc1c(C(=O)NCc2cccc(CN3CCOCC3)c2)cccc1N(C)S(C)(=O)=O. The van der Waals surface area contributed by atoms with E-state index in [-0.39, 0.29) is 5.91 Å². The molecule has 0 aromatic heterocycles. The Labute approximate surface area is 178 Å². The molecule has 7 nitrogen and oxygen atoms in total. The number of carbonyl (C=O) groups is 1. The van der Waals surface area contributed by atoms with Crippen molar-refractivity contribution < 1.29 is 17.9 Å². The molecule has 0 saturated carbocycles. The minimum atomic E-state index is -3.40. The summed E-state index contributed by atoms with van der Waals surface area (Å²) in [6.45, 7) is 6.42. The molecule has 2 aromatic rings. The summed E-state index contributed by atoms with van der Waals surface area (Å²) in [7, 11) is -1.92. The van der Waals surface area contributed by atoms with Crippen LogP contribution < -0.4 is 9.62 Å². The first-order valence-electron chi connectivity index (χ1n) is 9.95. The standard InChI is InChI=1S/C22H29N3O4S/c1-17-20(8-5-9-21(17)24(2)30(3,27)28)22(26)23-15-18-6-4-7-19(14-18)16-25-10-12-29-13-11-25/h4-9,14H,10-13,15-16H2,1-3H3,(H,23,26). The van der Waals surface area contributed by atoms with Crippen molar-refractivity contribution in [1.29, 1.82) is 0 Å². The molecule has 1 N–H and O–H groups in total. The van der Waals surface area contributed by atoms with Gasteiger partial charge >= 0.3 is 0 Å². The maximum Gasteiger partial charge on any atom is 0.251 e. The largest absolute Gasteiger partial charge is 0.379 e. The number of anilines is 1. The van der Waals surface area contributed by atoms with Gasteiger partial charge in [0.2, 0.25) is 10.0 Å². The molecule has 30 heavy (non-hydrogen) atoms. The van der Waals surface area contributed by atoms with Gasteiger partial charge in [-0.25, -0.2) is 8.42 Å². The highest BCUT2D eigenvalue weighted by molar-refractivity contribution is 7.92. The molecule has 8 heteroatoms. The fourth-order valence-corrected chi connectivity index (χ4v) is 4.08. The summed E-state index contributed by atoms with van der Waals surface area (Å²) in [4.78, 5) is 15.1. The molecule has 3 rings (SSSR count). The van der Waals surface area contributed by atoms with Gasteiger partial charge in [-0.2, -0.15) is 0 Å². The number of nitrogens with one attached hydrogen (secondary N) is 1. The van der Waals surface area contributed by atoms with Crippen molar-refractivity contribution in [3.05, 3.63) is 64.7 Å². The molecule has 0 atom stereocenters. The molecule has 162 valence electrons. The second kappa shape index (κ2) is 9.59. The minimum Gasteiger partial charge on any atom is -0.379 e. The van der Waals surface area contributed by atoms with E-state index in [9.17, 15) is 13.2 Å². The summed E-state index contributed by atoms with van der Waals surface area (Å²) in [6, 6.07) is 13.3. The predicted molar refractivity (Wildman–Crippen MR) is 118 cm³/mol. The predicted octanol–water partition coefficient (Wildman–Crippen LogP) is 2.15. The summed E-state index contributed by atoms with van der Waals surface area (Å²) in [5.74, 6) is -0.227. The van der Waals surface area contributed by atoms with Gasteiger partial charge in [0.05, 0.1) is 25.2 Å². The first-order chi connectivity index (χ1) is 14.3. The average Bonchev–Trinajstić information content (AvgIpc) is 2.72. The number of ether oxygens (including phenoxy) is 1. The molecule has 0 spiro atoms. The Morgan fingerprint density at radius 3 is 2.50 bits per heavy atom. The highest BCUT2D eigenvalue weighted by atomic mass is 32.2. The topological polar surface area (TPSA) is 79.0 Å². The maximum absolute atomic E-state index is 12.8. The highest BCUT2D eigenvalue weighted by Crippen LogP contribution is 2.24. The number of carbonyl (C=O) groups excluding carboxylic acids is 1. The Bertz CT molecular complexity index is 1000. The lowest BCUT2D eigenvalue weighted by molar-refractivity contribution is 0.0342. The van der Waals surface area contributed by atoms with E-state index in [2.05, 4.69) is 22.3 Å². The van der Waals surface area contributed by atoms with Crippen molar-refractivity contribution in [1.82, 2.24) is 10.2 Å². The van der Waals surface area contributed by atoms with Crippen LogP contribution in [-0.2, 0) is 27.8 Å². The number of amides is 1. The van der Waals surface area contributed by atoms with E-state index < -0.39 is 10.0 Å². The summed E-state index contributed by atoms with van der Waals surface area (Å²) >= 11 is 0. The van der Waals surface area contributed by atoms with E-state index in [1.807, 2.05) is 12.1 Å². The van der Waals surface area contributed by atoms with Gasteiger partial charge in [0.15, 0.2) is 0 Å². The molecule has 1 saturated heterocycles. The van der Waals surface area contributed by atoms with E-state index in [0.717, 1.165) is 44.7 Å². The van der Waals surface area contributed by atoms with Gasteiger partial charge in [0, 0.05) is 38.8 Å². The van der Waals surface area contributed by atoms with E-state index in [0.29, 0.717) is 23.4 Å². The van der Waals surface area contributed by atoms with Gasteiger partial charge < -0.3 is 10.1 Å². The lowest BCUT2D eigenvalue weighted by Gasteiger charge is -2.26. The molecule has 0 bridgehead atoms. The van der Waals surface area contributed by atoms with Crippen molar-refractivity contribution in [2.75, 3.05) is 43.9 Å². The van der Waals surface area contributed by atoms with E-state index in [4.69, 9.17) is 4.74 Å². The van der Waals surface area contributed by atoms with Crippen LogP contribution in [0.1, 0.15) is 27.0 Å². The Balaban J connectivity index is 1.67. The summed E-state index contributed by atoms with van der Waals surface area (Å²) in [5, 5.41) is 2.95. The summed E-state index contributed by atoms with van der Waals surface area (Å²) in [6.07, 6.45) is 1.14. The molecule has 1 amide bonds. The van der Waals surface area contributed by atoms with Gasteiger partial charge in [-0.15, -0.1) is 0 Å². The minimum absolute atomic E-state index is 0.227. The Morgan fingerprint density at radius 2 is 1.80 bits per heavy atom. The zero-order valence-electron chi connectivity index (χ0n) is 17.7. The first kappa shape index (κ1) is 22.3. The third-order valence-electron chi connectivity index (χ3n) is 5.34. The molecule has 0 aliphatic carbocycles. The first-order valence-corrected chi connectivity index (χ1v) is 11.8. The van der Waals surface area contributed by atoms with E-state index in [1.165, 1.54) is 16.9 Å². The van der Waals surface area contributed by atoms with Crippen LogP contribution in [0.3, 0.4) is 0 Å². The number of hydrogen-bond acceptors (Lipinski definition) is 5. The molecular formula is C22H29N3O4S. The number of benzene rings is 2. The maximum atomic E-state index is 12.8. The quantitative estimate of drug-likeness (QED) is 0.727. The second-order valence-corrected chi connectivity index (χ2v) is 9.59. The van der Waals surface area contributed by atoms with Crippen LogP contribution in [0, 0.1) is 6.92 Å². The fourth-order valence-electron chi connectivity index (χ4n) is 3.52.